The molecule has 1 amide bonds. The van der Waals surface area contributed by atoms with E-state index in [1.165, 1.54) is 10.5 Å². The fraction of sp³-hybridized carbons (Fsp3) is 0.355. The Hall–Kier alpha value is -3.64. The number of rotatable bonds is 6. The molecule has 0 saturated carbocycles. The Morgan fingerprint density at radius 3 is 2.08 bits per heavy atom. The molecule has 0 radical (unpaired) electrons. The van der Waals surface area contributed by atoms with E-state index in [4.69, 9.17) is 9.47 Å². The van der Waals surface area contributed by atoms with E-state index in [9.17, 15) is 14.7 Å². The summed E-state index contributed by atoms with van der Waals surface area (Å²) in [4.78, 5) is 26.3. The zero-order valence-corrected chi connectivity index (χ0v) is 21.5. The third-order valence-electron chi connectivity index (χ3n) is 7.42. The predicted octanol–water partition coefficient (Wildman–Crippen LogP) is 5.98. The number of hydrogen-bond acceptors (Lipinski definition) is 4. The molecule has 0 aromatic heterocycles. The minimum Gasteiger partial charge on any atom is -0.480 e. The fourth-order valence-electron chi connectivity index (χ4n) is 5.35. The molecule has 0 spiro atoms. The van der Waals surface area contributed by atoms with Crippen molar-refractivity contribution in [2.24, 2.45) is 0 Å². The Morgan fingerprint density at radius 2 is 1.51 bits per heavy atom. The Morgan fingerprint density at radius 1 is 0.919 bits per heavy atom. The van der Waals surface area contributed by atoms with Crippen LogP contribution in [-0.2, 0) is 26.3 Å². The number of carbonyl (C=O) groups excluding carboxylic acids is 1. The average molecular weight is 500 g/mol. The highest BCUT2D eigenvalue weighted by atomic mass is 16.6. The Balaban J connectivity index is 1.22. The van der Waals surface area contributed by atoms with Gasteiger partial charge in [-0.3, -0.25) is 4.90 Å². The van der Waals surface area contributed by atoms with Gasteiger partial charge in [0, 0.05) is 12.3 Å². The van der Waals surface area contributed by atoms with Crippen molar-refractivity contribution < 1.29 is 24.2 Å². The van der Waals surface area contributed by atoms with Gasteiger partial charge in [-0.1, -0.05) is 93.6 Å². The van der Waals surface area contributed by atoms with Gasteiger partial charge in [0.2, 0.25) is 0 Å². The maximum atomic E-state index is 13.1. The first-order valence-electron chi connectivity index (χ1n) is 12.8. The molecule has 1 N–H and O–H groups in total. The van der Waals surface area contributed by atoms with Gasteiger partial charge in [0.25, 0.3) is 0 Å². The standard InChI is InChI=1S/C31H33NO5/c1-31(2,3)21-14-12-20(13-15-21)18-36-22-16-28(29(33)34)32(17-22)30(35)37-19-27-25-10-6-4-8-23(25)24-9-5-7-11-26(24)27/h4-15,22,27-28H,16-19H2,1-3H3,(H,33,34)/t22-,28+/m1/s1. The summed E-state index contributed by atoms with van der Waals surface area (Å²) in [5.41, 5.74) is 6.85. The third-order valence-corrected chi connectivity index (χ3v) is 7.42. The summed E-state index contributed by atoms with van der Waals surface area (Å²) in [6.07, 6.45) is -0.752. The second-order valence-corrected chi connectivity index (χ2v) is 10.9. The summed E-state index contributed by atoms with van der Waals surface area (Å²) in [7, 11) is 0. The van der Waals surface area contributed by atoms with Crippen LogP contribution in [0.1, 0.15) is 55.4 Å². The van der Waals surface area contributed by atoms with Crippen molar-refractivity contribution in [3.8, 4) is 11.1 Å². The van der Waals surface area contributed by atoms with Gasteiger partial charge >= 0.3 is 12.1 Å². The van der Waals surface area contributed by atoms with Crippen molar-refractivity contribution >= 4 is 12.1 Å². The first kappa shape index (κ1) is 25.0. The number of aliphatic carboxylic acids is 1. The Kier molecular flexibility index (Phi) is 6.78. The number of hydrogen-bond donors (Lipinski definition) is 1. The van der Waals surface area contributed by atoms with Gasteiger partial charge in [-0.15, -0.1) is 0 Å². The van der Waals surface area contributed by atoms with Crippen molar-refractivity contribution in [2.45, 2.75) is 57.3 Å². The molecule has 1 heterocycles. The summed E-state index contributed by atoms with van der Waals surface area (Å²) < 4.78 is 11.8. The third kappa shape index (κ3) is 5.12. The van der Waals surface area contributed by atoms with Gasteiger partial charge in [0.05, 0.1) is 19.3 Å². The van der Waals surface area contributed by atoms with Crippen molar-refractivity contribution in [1.82, 2.24) is 4.90 Å². The molecular formula is C31H33NO5. The lowest BCUT2D eigenvalue weighted by Crippen LogP contribution is -2.41. The highest BCUT2D eigenvalue weighted by Crippen LogP contribution is 2.44. The number of carboxylic acid groups (broad SMARTS) is 1. The second-order valence-electron chi connectivity index (χ2n) is 10.9. The van der Waals surface area contributed by atoms with Crippen molar-refractivity contribution in [2.75, 3.05) is 13.2 Å². The van der Waals surface area contributed by atoms with Crippen LogP contribution in [0.5, 0.6) is 0 Å². The molecular weight excluding hydrogens is 466 g/mol. The fourth-order valence-corrected chi connectivity index (χ4v) is 5.35. The van der Waals surface area contributed by atoms with Crippen LogP contribution in [0.25, 0.3) is 11.1 Å². The first-order chi connectivity index (χ1) is 17.7. The minimum absolute atomic E-state index is 0.0725. The molecule has 1 saturated heterocycles. The van der Waals surface area contributed by atoms with E-state index in [2.05, 4.69) is 57.2 Å². The minimum atomic E-state index is -1.05. The van der Waals surface area contributed by atoms with E-state index in [1.54, 1.807) is 0 Å². The number of amides is 1. The van der Waals surface area contributed by atoms with E-state index in [1.807, 2.05) is 36.4 Å². The van der Waals surface area contributed by atoms with Crippen LogP contribution in [0.3, 0.4) is 0 Å². The maximum Gasteiger partial charge on any atom is 0.410 e. The highest BCUT2D eigenvalue weighted by Gasteiger charge is 2.41. The van der Waals surface area contributed by atoms with E-state index in [0.717, 1.165) is 27.8 Å². The molecule has 5 rings (SSSR count). The topological polar surface area (TPSA) is 76.1 Å². The predicted molar refractivity (Wildman–Crippen MR) is 142 cm³/mol. The lowest BCUT2D eigenvalue weighted by atomic mass is 9.87. The molecule has 2 aliphatic rings. The summed E-state index contributed by atoms with van der Waals surface area (Å²) >= 11 is 0. The lowest BCUT2D eigenvalue weighted by Gasteiger charge is -2.22. The molecule has 1 aliphatic heterocycles. The Labute approximate surface area is 217 Å². The SMILES string of the molecule is CC(C)(C)c1ccc(CO[C@@H]2C[C@@H](C(=O)O)N(C(=O)OCC3c4ccccc4-c4ccccc43)C2)cc1. The number of benzene rings is 3. The van der Waals surface area contributed by atoms with Crippen LogP contribution < -0.4 is 0 Å². The largest absolute Gasteiger partial charge is 0.480 e. The number of carbonyl (C=O) groups is 2. The van der Waals surface area contributed by atoms with Crippen LogP contribution in [0, 0.1) is 0 Å². The number of nitrogens with zero attached hydrogens (tertiary/aromatic N) is 1. The van der Waals surface area contributed by atoms with Gasteiger partial charge in [0.1, 0.15) is 12.6 Å². The van der Waals surface area contributed by atoms with E-state index < -0.39 is 18.1 Å². The van der Waals surface area contributed by atoms with Crippen LogP contribution in [-0.4, -0.2) is 47.4 Å². The monoisotopic (exact) mass is 499 g/mol. The summed E-state index contributed by atoms with van der Waals surface area (Å²) in [6.45, 7) is 7.21. The summed E-state index contributed by atoms with van der Waals surface area (Å²) in [6, 6.07) is 23.5. The van der Waals surface area contributed by atoms with Gasteiger partial charge in [-0.2, -0.15) is 0 Å². The van der Waals surface area contributed by atoms with Crippen LogP contribution in [0.15, 0.2) is 72.8 Å². The molecule has 6 heteroatoms. The van der Waals surface area contributed by atoms with E-state index >= 15 is 0 Å². The quantitative estimate of drug-likeness (QED) is 0.452. The molecule has 37 heavy (non-hydrogen) atoms. The molecule has 0 bridgehead atoms. The van der Waals surface area contributed by atoms with Crippen molar-refractivity contribution in [3.63, 3.8) is 0 Å². The van der Waals surface area contributed by atoms with Crippen LogP contribution in [0.2, 0.25) is 0 Å². The van der Waals surface area contributed by atoms with Gasteiger partial charge in [0.15, 0.2) is 0 Å². The molecule has 192 valence electrons. The molecule has 1 aliphatic carbocycles. The molecule has 6 nitrogen and oxygen atoms in total. The van der Waals surface area contributed by atoms with Gasteiger partial charge in [-0.25, -0.2) is 9.59 Å². The molecule has 3 aromatic rings. The van der Waals surface area contributed by atoms with Crippen LogP contribution >= 0.6 is 0 Å². The van der Waals surface area contributed by atoms with Gasteiger partial charge in [-0.05, 0) is 38.8 Å². The smallest absolute Gasteiger partial charge is 0.410 e. The zero-order valence-electron chi connectivity index (χ0n) is 21.5. The highest BCUT2D eigenvalue weighted by molar-refractivity contribution is 5.81. The van der Waals surface area contributed by atoms with E-state index in [-0.39, 0.29) is 37.0 Å². The second kappa shape index (κ2) is 10.0. The van der Waals surface area contributed by atoms with Crippen molar-refractivity contribution in [1.29, 1.82) is 0 Å². The lowest BCUT2D eigenvalue weighted by molar-refractivity contribution is -0.141. The normalized spacial score (nSPS) is 18.9. The number of ether oxygens (including phenoxy) is 2. The zero-order chi connectivity index (χ0) is 26.2. The molecule has 2 atom stereocenters. The molecule has 0 unspecified atom stereocenters. The van der Waals surface area contributed by atoms with Crippen LogP contribution in [0.4, 0.5) is 4.79 Å². The summed E-state index contributed by atoms with van der Waals surface area (Å²) in [5, 5.41) is 9.78. The molecule has 3 aromatic carbocycles. The van der Waals surface area contributed by atoms with Crippen molar-refractivity contribution in [3.05, 3.63) is 95.1 Å². The maximum absolute atomic E-state index is 13.1. The Bertz CT molecular complexity index is 1250. The molecule has 1 fully saturated rings. The van der Waals surface area contributed by atoms with E-state index in [0.29, 0.717) is 6.61 Å². The number of carboxylic acids is 1. The average Bonchev–Trinajstić information content (AvgIpc) is 3.46. The number of likely N-dealkylation sites (tertiary alicyclic amines) is 1. The summed E-state index contributed by atoms with van der Waals surface area (Å²) in [5.74, 6) is -1.13. The first-order valence-corrected chi connectivity index (χ1v) is 12.8. The van der Waals surface area contributed by atoms with Gasteiger partial charge < -0.3 is 14.6 Å². The number of fused-ring (bicyclic) bond motifs is 3.